The third kappa shape index (κ3) is 17.5. The number of Topliss-reactive ketones (excluding diaryl/α,β-unsaturated/α-hetero) is 1. The molecule has 6 N–H and O–H groups in total. The summed E-state index contributed by atoms with van der Waals surface area (Å²) in [5.74, 6) is -3.38. The summed E-state index contributed by atoms with van der Waals surface area (Å²) in [6, 6.07) is 8.22. The number of ketones is 1. The van der Waals surface area contributed by atoms with Crippen molar-refractivity contribution >= 4 is 47.2 Å². The lowest BCUT2D eigenvalue weighted by atomic mass is 9.93. The first-order valence-electron chi connectivity index (χ1n) is 23.4. The highest BCUT2D eigenvalue weighted by atomic mass is 19.3. The van der Waals surface area contributed by atoms with Crippen molar-refractivity contribution in [1.82, 2.24) is 35.5 Å². The number of imide groups is 1. The SMILES string of the molecule is C=C(CCN(C)CN1CCCc2cc(-c3cnn(C)c3)c(C(F)F)cc21)NC1CCN(C(=O)CCCCCCNc2ccc(C(N)=O)c(C(=O)C(=O)NC(=O)CCC)c2)CC1.CC.CNC=O. The van der Waals surface area contributed by atoms with E-state index in [0.717, 1.165) is 87.8 Å². The number of anilines is 2. The van der Waals surface area contributed by atoms with Crippen molar-refractivity contribution in [2.24, 2.45) is 12.8 Å². The molecule has 5 rings (SSSR count). The number of hydrogen-bond donors (Lipinski definition) is 5. The number of piperidine rings is 1. The Morgan fingerprint density at radius 1 is 0.985 bits per heavy atom. The van der Waals surface area contributed by atoms with Crippen LogP contribution in [0, 0.1) is 0 Å². The van der Waals surface area contributed by atoms with Gasteiger partial charge in [0.05, 0.1) is 18.4 Å². The molecular weight excluding hydrogens is 863 g/mol. The van der Waals surface area contributed by atoms with E-state index in [1.807, 2.05) is 37.2 Å². The van der Waals surface area contributed by atoms with E-state index in [-0.39, 0.29) is 35.1 Å². The zero-order valence-corrected chi connectivity index (χ0v) is 40.2. The van der Waals surface area contributed by atoms with Crippen LogP contribution in [0.1, 0.15) is 130 Å². The number of benzene rings is 2. The number of unbranched alkanes of at least 4 members (excludes halogenated alkanes) is 3. The highest BCUT2D eigenvalue weighted by molar-refractivity contribution is 6.46. The summed E-state index contributed by atoms with van der Waals surface area (Å²) in [6.45, 7) is 14.2. The smallest absolute Gasteiger partial charge is 0.298 e. The number of nitrogens with two attached hydrogens (primary N) is 1. The third-order valence-corrected chi connectivity index (χ3v) is 11.4. The van der Waals surface area contributed by atoms with Crippen LogP contribution in [0.2, 0.25) is 0 Å². The summed E-state index contributed by atoms with van der Waals surface area (Å²) in [5, 5.41) is 15.3. The number of primary amides is 1. The minimum Gasteiger partial charge on any atom is -0.386 e. The summed E-state index contributed by atoms with van der Waals surface area (Å²) in [7, 11) is 5.39. The number of hydrogen-bond acceptors (Lipinski definition) is 11. The molecule has 67 heavy (non-hydrogen) atoms. The van der Waals surface area contributed by atoms with Crippen molar-refractivity contribution in [2.75, 3.05) is 63.7 Å². The molecule has 1 fully saturated rings. The topological polar surface area (TPSA) is 204 Å². The average molecular weight is 935 g/mol. The molecule has 2 aliphatic rings. The number of likely N-dealkylation sites (tertiary alicyclic amines) is 1. The number of aryl methyl sites for hydroxylation is 2. The predicted molar refractivity (Wildman–Crippen MR) is 259 cm³/mol. The van der Waals surface area contributed by atoms with Crippen LogP contribution in [0.4, 0.5) is 20.2 Å². The normalized spacial score (nSPS) is 13.3. The van der Waals surface area contributed by atoms with Crippen LogP contribution in [0.5, 0.6) is 0 Å². The number of carbonyl (C=O) groups excluding carboxylic acids is 6. The molecule has 0 unspecified atom stereocenters. The molecule has 0 atom stereocenters. The van der Waals surface area contributed by atoms with Crippen molar-refractivity contribution in [3.05, 3.63) is 77.3 Å². The first-order chi connectivity index (χ1) is 32.1. The van der Waals surface area contributed by atoms with Crippen LogP contribution >= 0.6 is 0 Å². The molecule has 368 valence electrons. The fourth-order valence-corrected chi connectivity index (χ4v) is 7.98. The number of amides is 5. The molecule has 2 aliphatic heterocycles. The number of aromatic nitrogens is 2. The number of halogens is 2. The molecule has 3 aromatic rings. The number of fused-ring (bicyclic) bond motifs is 1. The molecule has 16 nitrogen and oxygen atoms in total. The van der Waals surface area contributed by atoms with Gasteiger partial charge in [0.25, 0.3) is 18.1 Å². The molecule has 0 saturated carbocycles. The standard InChI is InChI=1S/C45H61F2N9O5.C2H5NO.C2H6/c1-5-11-40(57)52-45(61)42(59)37-25-34(14-15-35(37)44(48)60)49-19-9-7-6-8-13-41(58)55-22-17-33(18-23-55)51-30(2)16-21-53(3)29-56-20-10-12-31-24-36(32-27-50-54(4)28-32)38(43(46)47)26-39(31)56;1-3-2-4;1-2/h14-15,24-28,33,43,49,51H,2,5-13,16-23,29H2,1,3-4H3,(H2,48,60)(H,52,57,61);2H,1H3,(H,3,4);1-2H3. The Balaban J connectivity index is 0.00000188. The zero-order valence-electron chi connectivity index (χ0n) is 40.2. The largest absolute Gasteiger partial charge is 0.386 e. The minimum atomic E-state index is -2.59. The lowest BCUT2D eigenvalue weighted by molar-refractivity contribution is -0.132. The predicted octanol–water partition coefficient (Wildman–Crippen LogP) is 6.33. The maximum Gasteiger partial charge on any atom is 0.298 e. The van der Waals surface area contributed by atoms with Gasteiger partial charge in [-0.1, -0.05) is 40.2 Å². The maximum absolute atomic E-state index is 14.3. The highest BCUT2D eigenvalue weighted by Gasteiger charge is 2.27. The molecule has 0 radical (unpaired) electrons. The van der Waals surface area contributed by atoms with Gasteiger partial charge in [0, 0.05) is 106 Å². The van der Waals surface area contributed by atoms with Crippen LogP contribution in [0.3, 0.4) is 0 Å². The van der Waals surface area contributed by atoms with Crippen LogP contribution < -0.4 is 31.9 Å². The number of nitrogens with zero attached hydrogens (tertiary/aromatic N) is 5. The van der Waals surface area contributed by atoms with E-state index in [4.69, 9.17) is 10.5 Å². The molecule has 1 aromatic heterocycles. The van der Waals surface area contributed by atoms with Gasteiger partial charge in [-0.2, -0.15) is 5.10 Å². The van der Waals surface area contributed by atoms with Gasteiger partial charge in [0.2, 0.25) is 24.1 Å². The fourth-order valence-electron chi connectivity index (χ4n) is 7.98. The quantitative estimate of drug-likeness (QED) is 0.0308. The van der Waals surface area contributed by atoms with Gasteiger partial charge < -0.3 is 31.5 Å². The number of alkyl halides is 2. The van der Waals surface area contributed by atoms with Crippen LogP contribution in [-0.2, 0) is 32.6 Å². The molecule has 1 saturated heterocycles. The van der Waals surface area contributed by atoms with Crippen molar-refractivity contribution in [3.63, 3.8) is 0 Å². The van der Waals surface area contributed by atoms with Gasteiger partial charge in [-0.15, -0.1) is 0 Å². The maximum atomic E-state index is 14.3. The van der Waals surface area contributed by atoms with Crippen LogP contribution in [-0.4, -0.2) is 115 Å². The molecular formula is C49H72F2N10O6. The molecule has 2 aromatic carbocycles. The summed E-state index contributed by atoms with van der Waals surface area (Å²) in [4.78, 5) is 77.2. The van der Waals surface area contributed by atoms with E-state index in [2.05, 4.69) is 37.4 Å². The number of nitrogens with one attached hydrogen (secondary N) is 4. The van der Waals surface area contributed by atoms with Gasteiger partial charge in [-0.25, -0.2) is 8.78 Å². The van der Waals surface area contributed by atoms with Crippen molar-refractivity contribution in [2.45, 2.75) is 110 Å². The van der Waals surface area contributed by atoms with E-state index in [1.54, 1.807) is 50.2 Å². The highest BCUT2D eigenvalue weighted by Crippen LogP contribution is 2.39. The Kier molecular flexibility index (Phi) is 23.7. The van der Waals surface area contributed by atoms with Gasteiger partial charge in [0.15, 0.2) is 0 Å². The molecule has 0 spiro atoms. The van der Waals surface area contributed by atoms with E-state index in [1.165, 1.54) is 12.1 Å². The lowest BCUT2D eigenvalue weighted by Crippen LogP contribution is -2.45. The lowest BCUT2D eigenvalue weighted by Gasteiger charge is -2.36. The van der Waals surface area contributed by atoms with Gasteiger partial charge >= 0.3 is 0 Å². The second kappa shape index (κ2) is 28.8. The Hall–Kier alpha value is -6.17. The van der Waals surface area contributed by atoms with Gasteiger partial charge in [-0.05, 0) is 99.9 Å². The average Bonchev–Trinajstić information content (AvgIpc) is 3.76. The second-order valence-electron chi connectivity index (χ2n) is 16.6. The Morgan fingerprint density at radius 3 is 2.31 bits per heavy atom. The van der Waals surface area contributed by atoms with Crippen molar-refractivity contribution in [3.8, 4) is 11.1 Å². The Morgan fingerprint density at radius 2 is 1.69 bits per heavy atom. The monoisotopic (exact) mass is 935 g/mol. The van der Waals surface area contributed by atoms with E-state index < -0.39 is 29.9 Å². The summed E-state index contributed by atoms with van der Waals surface area (Å²) in [5.41, 5.74) is 9.86. The fraction of sp³-hybridized carbons (Fsp3) is 0.531. The third-order valence-electron chi connectivity index (χ3n) is 11.4. The molecule has 18 heteroatoms. The Labute approximate surface area is 394 Å². The molecule has 5 amide bonds. The first-order valence-corrected chi connectivity index (χ1v) is 23.4. The van der Waals surface area contributed by atoms with Crippen molar-refractivity contribution < 1.29 is 37.5 Å². The number of rotatable bonds is 23. The van der Waals surface area contributed by atoms with E-state index >= 15 is 0 Å². The molecule has 3 heterocycles. The summed E-state index contributed by atoms with van der Waals surface area (Å²) >= 11 is 0. The molecule has 0 bridgehead atoms. The van der Waals surface area contributed by atoms with E-state index in [9.17, 15) is 32.8 Å². The summed E-state index contributed by atoms with van der Waals surface area (Å²) in [6.07, 6.45) is 10.1. The summed E-state index contributed by atoms with van der Waals surface area (Å²) < 4.78 is 30.1. The minimum absolute atomic E-state index is 0.0299. The van der Waals surface area contributed by atoms with Crippen molar-refractivity contribution in [1.29, 1.82) is 0 Å². The van der Waals surface area contributed by atoms with Gasteiger partial charge in [0.1, 0.15) is 0 Å². The second-order valence-corrected chi connectivity index (χ2v) is 16.6. The molecule has 0 aliphatic carbocycles. The number of carbonyl (C=O) groups is 6. The Bertz CT molecular complexity index is 2120. The van der Waals surface area contributed by atoms with E-state index in [0.29, 0.717) is 62.4 Å². The first kappa shape index (κ1) is 55.2. The van der Waals surface area contributed by atoms with Crippen LogP contribution in [0.15, 0.2) is 55.0 Å². The van der Waals surface area contributed by atoms with Crippen LogP contribution in [0.25, 0.3) is 11.1 Å². The van der Waals surface area contributed by atoms with Gasteiger partial charge in [-0.3, -0.25) is 43.7 Å². The zero-order chi connectivity index (χ0) is 49.5.